The number of hydrogen-bond acceptors (Lipinski definition) is 1. The monoisotopic (exact) mass is 202 g/mol. The van der Waals surface area contributed by atoms with Crippen LogP contribution in [-0.2, 0) is 0 Å². The third kappa shape index (κ3) is 6.18. The Morgan fingerprint density at radius 3 is 1.27 bits per heavy atom. The van der Waals surface area contributed by atoms with Gasteiger partial charge in [0.1, 0.15) is 6.29 Å². The summed E-state index contributed by atoms with van der Waals surface area (Å²) in [4.78, 5) is 10.0. The second kappa shape index (κ2) is 8.66. The molecule has 78 valence electrons. The maximum absolute atomic E-state index is 10.0. The summed E-state index contributed by atoms with van der Waals surface area (Å²) in [6.07, 6.45) is 0.833. The molecular formula is C13H14O2. The molecule has 0 radical (unpaired) electrons. The lowest BCUT2D eigenvalue weighted by molar-refractivity contribution is 0.112. The second-order valence-electron chi connectivity index (χ2n) is 2.68. The highest BCUT2D eigenvalue weighted by Crippen LogP contribution is 1.91. The molecule has 0 fully saturated rings. The van der Waals surface area contributed by atoms with Crippen LogP contribution < -0.4 is 0 Å². The molecule has 0 amide bonds. The summed E-state index contributed by atoms with van der Waals surface area (Å²) in [6.45, 7) is 0. The molecule has 2 heteroatoms. The van der Waals surface area contributed by atoms with Crippen LogP contribution in [0.3, 0.4) is 0 Å². The largest absolute Gasteiger partial charge is 0.412 e. The van der Waals surface area contributed by atoms with E-state index in [1.165, 1.54) is 0 Å². The lowest BCUT2D eigenvalue weighted by atomic mass is 10.2. The lowest BCUT2D eigenvalue weighted by Crippen LogP contribution is -1.73. The zero-order valence-electron chi connectivity index (χ0n) is 8.34. The first-order valence-corrected chi connectivity index (χ1v) is 4.44. The van der Waals surface area contributed by atoms with Crippen molar-refractivity contribution < 1.29 is 10.3 Å². The topological polar surface area (TPSA) is 48.6 Å². The summed E-state index contributed by atoms with van der Waals surface area (Å²) >= 11 is 0. The highest BCUT2D eigenvalue weighted by Gasteiger charge is 1.79. The minimum absolute atomic E-state index is 0. The van der Waals surface area contributed by atoms with Gasteiger partial charge in [0, 0.05) is 5.56 Å². The van der Waals surface area contributed by atoms with E-state index in [4.69, 9.17) is 0 Å². The molecule has 2 N–H and O–H groups in total. The maximum atomic E-state index is 10.0. The molecule has 2 rings (SSSR count). The molecule has 0 atom stereocenters. The first-order valence-electron chi connectivity index (χ1n) is 4.44. The van der Waals surface area contributed by atoms with Gasteiger partial charge in [-0.1, -0.05) is 66.7 Å². The van der Waals surface area contributed by atoms with E-state index in [1.54, 1.807) is 12.1 Å². The standard InChI is InChI=1S/C7H6O.C6H6.H2O/c8-6-7-4-2-1-3-5-7;1-2-4-6-5-3-1;/h1-6H;1-6H;1H2. The fourth-order valence-electron chi connectivity index (χ4n) is 0.917. The van der Waals surface area contributed by atoms with Crippen LogP contribution in [0.2, 0.25) is 0 Å². The summed E-state index contributed by atoms with van der Waals surface area (Å²) in [7, 11) is 0. The Labute approximate surface area is 89.5 Å². The van der Waals surface area contributed by atoms with Gasteiger partial charge in [-0.05, 0) is 0 Å². The van der Waals surface area contributed by atoms with Crippen molar-refractivity contribution in [3.63, 3.8) is 0 Å². The average Bonchev–Trinajstić information content (AvgIpc) is 2.33. The van der Waals surface area contributed by atoms with E-state index in [2.05, 4.69) is 0 Å². The molecule has 0 heterocycles. The third-order valence-electron chi connectivity index (χ3n) is 1.60. The van der Waals surface area contributed by atoms with Crippen LogP contribution in [0.5, 0.6) is 0 Å². The molecule has 15 heavy (non-hydrogen) atoms. The van der Waals surface area contributed by atoms with E-state index in [0.29, 0.717) is 0 Å². The molecule has 0 unspecified atom stereocenters. The van der Waals surface area contributed by atoms with Crippen molar-refractivity contribution >= 4 is 6.29 Å². The molecule has 0 spiro atoms. The van der Waals surface area contributed by atoms with Crippen molar-refractivity contribution in [2.24, 2.45) is 0 Å². The van der Waals surface area contributed by atoms with E-state index in [0.717, 1.165) is 11.8 Å². The number of rotatable bonds is 1. The van der Waals surface area contributed by atoms with Crippen molar-refractivity contribution in [3.8, 4) is 0 Å². The van der Waals surface area contributed by atoms with Gasteiger partial charge in [-0.2, -0.15) is 0 Å². The minimum atomic E-state index is 0. The number of benzene rings is 2. The first-order chi connectivity index (χ1) is 6.93. The Kier molecular flexibility index (Phi) is 7.54. The fraction of sp³-hybridized carbons (Fsp3) is 0. The molecule has 2 aromatic rings. The molecule has 2 aromatic carbocycles. The van der Waals surface area contributed by atoms with Crippen molar-refractivity contribution in [3.05, 3.63) is 72.3 Å². The van der Waals surface area contributed by atoms with Gasteiger partial charge in [-0.25, -0.2) is 0 Å². The smallest absolute Gasteiger partial charge is 0.150 e. The predicted octanol–water partition coefficient (Wildman–Crippen LogP) is 2.36. The first kappa shape index (κ1) is 13.1. The van der Waals surface area contributed by atoms with Gasteiger partial charge in [0.25, 0.3) is 0 Å². The number of carbonyl (C=O) groups excluding carboxylic acids is 1. The van der Waals surface area contributed by atoms with Gasteiger partial charge in [-0.3, -0.25) is 4.79 Å². The molecule has 0 aliphatic carbocycles. The summed E-state index contributed by atoms with van der Waals surface area (Å²) in [5.74, 6) is 0. The minimum Gasteiger partial charge on any atom is -0.412 e. The summed E-state index contributed by atoms with van der Waals surface area (Å²) in [5.41, 5.74) is 0.729. The van der Waals surface area contributed by atoms with Gasteiger partial charge in [0.05, 0.1) is 0 Å². The van der Waals surface area contributed by atoms with Crippen LogP contribution in [0.25, 0.3) is 0 Å². The quantitative estimate of drug-likeness (QED) is 0.655. The molecule has 0 saturated heterocycles. The molecular weight excluding hydrogens is 188 g/mol. The predicted molar refractivity (Wildman–Crippen MR) is 61.9 cm³/mol. The van der Waals surface area contributed by atoms with Crippen LogP contribution in [0.15, 0.2) is 66.7 Å². The Balaban J connectivity index is 0.000000253. The molecule has 0 bridgehead atoms. The number of aldehydes is 1. The van der Waals surface area contributed by atoms with Crippen molar-refractivity contribution in [1.29, 1.82) is 0 Å². The number of carbonyl (C=O) groups is 1. The highest BCUT2D eigenvalue weighted by atomic mass is 16.1. The van der Waals surface area contributed by atoms with E-state index in [-0.39, 0.29) is 5.48 Å². The SMILES string of the molecule is O.O=Cc1ccccc1.c1ccccc1. The van der Waals surface area contributed by atoms with Crippen LogP contribution in [0, 0.1) is 0 Å². The van der Waals surface area contributed by atoms with Gasteiger partial charge in [0.15, 0.2) is 0 Å². The van der Waals surface area contributed by atoms with Gasteiger partial charge in [-0.15, -0.1) is 0 Å². The molecule has 0 aliphatic heterocycles. The third-order valence-corrected chi connectivity index (χ3v) is 1.60. The average molecular weight is 202 g/mol. The van der Waals surface area contributed by atoms with Crippen molar-refractivity contribution in [1.82, 2.24) is 0 Å². The van der Waals surface area contributed by atoms with Crippen molar-refractivity contribution in [2.75, 3.05) is 0 Å². The Bertz CT molecular complexity index is 317. The van der Waals surface area contributed by atoms with Crippen LogP contribution in [0.4, 0.5) is 0 Å². The summed E-state index contributed by atoms with van der Waals surface area (Å²) in [5, 5.41) is 0. The van der Waals surface area contributed by atoms with Gasteiger partial charge in [0.2, 0.25) is 0 Å². The van der Waals surface area contributed by atoms with Gasteiger partial charge < -0.3 is 5.48 Å². The second-order valence-corrected chi connectivity index (χ2v) is 2.68. The zero-order valence-corrected chi connectivity index (χ0v) is 8.34. The summed E-state index contributed by atoms with van der Waals surface area (Å²) < 4.78 is 0. The highest BCUT2D eigenvalue weighted by molar-refractivity contribution is 5.74. The molecule has 2 nitrogen and oxygen atoms in total. The van der Waals surface area contributed by atoms with E-state index < -0.39 is 0 Å². The van der Waals surface area contributed by atoms with Crippen LogP contribution >= 0.6 is 0 Å². The normalized spacial score (nSPS) is 7.73. The van der Waals surface area contributed by atoms with Gasteiger partial charge >= 0.3 is 0 Å². The number of hydrogen-bond donors (Lipinski definition) is 0. The molecule has 0 saturated carbocycles. The Morgan fingerprint density at radius 1 is 0.667 bits per heavy atom. The summed E-state index contributed by atoms with van der Waals surface area (Å²) in [6, 6.07) is 21.1. The van der Waals surface area contributed by atoms with E-state index in [9.17, 15) is 4.79 Å². The fourth-order valence-corrected chi connectivity index (χ4v) is 0.917. The van der Waals surface area contributed by atoms with E-state index in [1.807, 2.05) is 54.6 Å². The van der Waals surface area contributed by atoms with Crippen LogP contribution in [-0.4, -0.2) is 11.8 Å². The molecule has 0 aromatic heterocycles. The Hall–Kier alpha value is -1.93. The maximum Gasteiger partial charge on any atom is 0.150 e. The van der Waals surface area contributed by atoms with Crippen LogP contribution in [0.1, 0.15) is 10.4 Å². The zero-order chi connectivity index (χ0) is 10.1. The van der Waals surface area contributed by atoms with E-state index >= 15 is 0 Å². The lowest BCUT2D eigenvalue weighted by Gasteiger charge is -1.81. The van der Waals surface area contributed by atoms with Crippen molar-refractivity contribution in [2.45, 2.75) is 0 Å². The Morgan fingerprint density at radius 2 is 1.00 bits per heavy atom. The molecule has 0 aliphatic rings.